The molecule has 0 unspecified atom stereocenters. The SMILES string of the molecule is COc1ccc(-c2ccc(NC(=O)Nc3ccc(C)cc3)cc2)c2c(N)noc12. The molecule has 3 aromatic carbocycles. The molecule has 0 fully saturated rings. The predicted molar refractivity (Wildman–Crippen MR) is 114 cm³/mol. The minimum Gasteiger partial charge on any atom is -0.493 e. The first-order valence-corrected chi connectivity index (χ1v) is 9.02. The molecule has 1 heterocycles. The Kier molecular flexibility index (Phi) is 4.78. The fraction of sp³-hybridized carbons (Fsp3) is 0.0909. The molecule has 0 aliphatic rings. The lowest BCUT2D eigenvalue weighted by atomic mass is 10.0. The number of carbonyl (C=O) groups excluding carboxylic acids is 1. The van der Waals surface area contributed by atoms with Crippen LogP contribution in [0.2, 0.25) is 0 Å². The summed E-state index contributed by atoms with van der Waals surface area (Å²) in [5.41, 5.74) is 10.8. The molecule has 29 heavy (non-hydrogen) atoms. The van der Waals surface area contributed by atoms with E-state index in [4.69, 9.17) is 15.0 Å². The second-order valence-electron chi connectivity index (χ2n) is 6.61. The molecule has 0 bridgehead atoms. The molecule has 1 aromatic heterocycles. The molecule has 0 aliphatic heterocycles. The van der Waals surface area contributed by atoms with E-state index >= 15 is 0 Å². The number of nitrogens with two attached hydrogens (primary N) is 1. The van der Waals surface area contributed by atoms with E-state index in [0.29, 0.717) is 28.2 Å². The van der Waals surface area contributed by atoms with Crippen LogP contribution in [-0.2, 0) is 0 Å². The van der Waals surface area contributed by atoms with Gasteiger partial charge in [0, 0.05) is 11.4 Å². The van der Waals surface area contributed by atoms with Crippen molar-refractivity contribution >= 4 is 34.2 Å². The molecule has 4 rings (SSSR count). The molecule has 4 aromatic rings. The maximum Gasteiger partial charge on any atom is 0.323 e. The zero-order valence-electron chi connectivity index (χ0n) is 16.0. The van der Waals surface area contributed by atoms with Crippen molar-refractivity contribution in [1.82, 2.24) is 5.16 Å². The molecule has 0 aliphatic carbocycles. The van der Waals surface area contributed by atoms with E-state index in [2.05, 4.69) is 15.8 Å². The highest BCUT2D eigenvalue weighted by molar-refractivity contribution is 6.03. The number of aromatic nitrogens is 1. The van der Waals surface area contributed by atoms with E-state index in [9.17, 15) is 4.79 Å². The van der Waals surface area contributed by atoms with Crippen LogP contribution in [0.15, 0.2) is 65.2 Å². The second-order valence-corrected chi connectivity index (χ2v) is 6.61. The lowest BCUT2D eigenvalue weighted by molar-refractivity contribution is 0.262. The van der Waals surface area contributed by atoms with Crippen molar-refractivity contribution in [3.05, 3.63) is 66.2 Å². The van der Waals surface area contributed by atoms with Gasteiger partial charge in [-0.3, -0.25) is 0 Å². The van der Waals surface area contributed by atoms with Crippen molar-refractivity contribution in [1.29, 1.82) is 0 Å². The quantitative estimate of drug-likeness (QED) is 0.455. The maximum absolute atomic E-state index is 12.2. The van der Waals surface area contributed by atoms with Crippen molar-refractivity contribution in [3.63, 3.8) is 0 Å². The number of fused-ring (bicyclic) bond motifs is 1. The minimum absolute atomic E-state index is 0.300. The number of hydrogen-bond acceptors (Lipinski definition) is 5. The molecule has 0 saturated heterocycles. The number of aryl methyl sites for hydroxylation is 1. The average Bonchev–Trinajstić information content (AvgIpc) is 3.12. The molecule has 0 atom stereocenters. The number of nitrogen functional groups attached to an aromatic ring is 1. The van der Waals surface area contributed by atoms with Crippen LogP contribution in [0, 0.1) is 6.92 Å². The van der Waals surface area contributed by atoms with Crippen molar-refractivity contribution < 1.29 is 14.1 Å². The van der Waals surface area contributed by atoms with Gasteiger partial charge in [-0.05, 0) is 54.4 Å². The van der Waals surface area contributed by atoms with Crippen LogP contribution < -0.4 is 21.1 Å². The van der Waals surface area contributed by atoms with Gasteiger partial charge in [0.15, 0.2) is 11.6 Å². The van der Waals surface area contributed by atoms with Crippen molar-refractivity contribution in [2.24, 2.45) is 0 Å². The maximum atomic E-state index is 12.2. The molecule has 4 N–H and O–H groups in total. The summed E-state index contributed by atoms with van der Waals surface area (Å²) < 4.78 is 10.6. The van der Waals surface area contributed by atoms with Crippen molar-refractivity contribution in [3.8, 4) is 16.9 Å². The molecule has 0 spiro atoms. The minimum atomic E-state index is -0.309. The summed E-state index contributed by atoms with van der Waals surface area (Å²) in [6.45, 7) is 2.00. The van der Waals surface area contributed by atoms with E-state index in [0.717, 1.165) is 22.4 Å². The van der Waals surface area contributed by atoms with Gasteiger partial charge in [0.05, 0.1) is 12.5 Å². The number of nitrogens with zero attached hydrogens (tertiary/aromatic N) is 1. The molecule has 146 valence electrons. The van der Waals surface area contributed by atoms with Gasteiger partial charge >= 0.3 is 6.03 Å². The van der Waals surface area contributed by atoms with Gasteiger partial charge in [0.2, 0.25) is 5.58 Å². The van der Waals surface area contributed by atoms with Gasteiger partial charge in [-0.25, -0.2) is 4.79 Å². The highest BCUT2D eigenvalue weighted by atomic mass is 16.5. The predicted octanol–water partition coefficient (Wildman–Crippen LogP) is 5.04. The van der Waals surface area contributed by atoms with Crippen LogP contribution in [0.25, 0.3) is 22.1 Å². The highest BCUT2D eigenvalue weighted by Crippen LogP contribution is 2.37. The third-order valence-corrected chi connectivity index (χ3v) is 4.60. The van der Waals surface area contributed by atoms with Crippen LogP contribution >= 0.6 is 0 Å². The van der Waals surface area contributed by atoms with E-state index in [-0.39, 0.29) is 6.03 Å². The summed E-state index contributed by atoms with van der Waals surface area (Å²) in [5.74, 6) is 0.868. The van der Waals surface area contributed by atoms with Gasteiger partial charge in [0.25, 0.3) is 0 Å². The third-order valence-electron chi connectivity index (χ3n) is 4.60. The summed E-state index contributed by atoms with van der Waals surface area (Å²) in [6.07, 6.45) is 0. The number of methoxy groups -OCH3 is 1. The first-order valence-electron chi connectivity index (χ1n) is 9.02. The third kappa shape index (κ3) is 3.70. The number of ether oxygens (including phenoxy) is 1. The fourth-order valence-electron chi connectivity index (χ4n) is 3.11. The molecular formula is C22H20N4O3. The van der Waals surface area contributed by atoms with Crippen LogP contribution in [0.4, 0.5) is 22.0 Å². The number of urea groups is 1. The van der Waals surface area contributed by atoms with E-state index in [1.165, 1.54) is 0 Å². The normalized spacial score (nSPS) is 10.7. The van der Waals surface area contributed by atoms with Gasteiger partial charge in [0.1, 0.15) is 0 Å². The number of benzene rings is 3. The Morgan fingerprint density at radius 2 is 1.59 bits per heavy atom. The Hall–Kier alpha value is -4.00. The summed E-state index contributed by atoms with van der Waals surface area (Å²) in [7, 11) is 1.56. The average molecular weight is 388 g/mol. The molecule has 7 heteroatoms. The number of anilines is 3. The lowest BCUT2D eigenvalue weighted by Gasteiger charge is -2.10. The Bertz CT molecular complexity index is 1170. The monoisotopic (exact) mass is 388 g/mol. The summed E-state index contributed by atoms with van der Waals surface area (Å²) >= 11 is 0. The molecule has 7 nitrogen and oxygen atoms in total. The lowest BCUT2D eigenvalue weighted by Crippen LogP contribution is -2.19. The van der Waals surface area contributed by atoms with Gasteiger partial charge in [-0.15, -0.1) is 0 Å². The van der Waals surface area contributed by atoms with E-state index < -0.39 is 0 Å². The topological polar surface area (TPSA) is 102 Å². The number of carbonyl (C=O) groups is 1. The first-order chi connectivity index (χ1) is 14.0. The Labute approximate surface area is 167 Å². The number of rotatable bonds is 4. The van der Waals surface area contributed by atoms with E-state index in [1.807, 2.05) is 67.6 Å². The van der Waals surface area contributed by atoms with Crippen LogP contribution in [0.1, 0.15) is 5.56 Å². The number of hydrogen-bond donors (Lipinski definition) is 3. The summed E-state index contributed by atoms with van der Waals surface area (Å²) in [4.78, 5) is 12.2. The van der Waals surface area contributed by atoms with Crippen LogP contribution in [0.5, 0.6) is 5.75 Å². The Morgan fingerprint density at radius 3 is 2.21 bits per heavy atom. The summed E-state index contributed by atoms with van der Waals surface area (Å²) in [6, 6.07) is 18.4. The Balaban J connectivity index is 1.54. The Morgan fingerprint density at radius 1 is 0.966 bits per heavy atom. The van der Waals surface area contributed by atoms with Gasteiger partial charge in [-0.2, -0.15) is 0 Å². The van der Waals surface area contributed by atoms with Gasteiger partial charge in [-0.1, -0.05) is 35.0 Å². The van der Waals surface area contributed by atoms with Crippen molar-refractivity contribution in [2.75, 3.05) is 23.5 Å². The zero-order valence-corrected chi connectivity index (χ0v) is 16.0. The smallest absolute Gasteiger partial charge is 0.323 e. The summed E-state index contributed by atoms with van der Waals surface area (Å²) in [5, 5.41) is 10.2. The van der Waals surface area contributed by atoms with E-state index in [1.54, 1.807) is 7.11 Å². The van der Waals surface area contributed by atoms with Gasteiger partial charge < -0.3 is 25.6 Å². The number of amides is 2. The van der Waals surface area contributed by atoms with Crippen LogP contribution in [-0.4, -0.2) is 18.3 Å². The fourth-order valence-corrected chi connectivity index (χ4v) is 3.11. The molecule has 0 saturated carbocycles. The number of nitrogens with one attached hydrogen (secondary N) is 2. The largest absolute Gasteiger partial charge is 0.493 e. The highest BCUT2D eigenvalue weighted by Gasteiger charge is 2.16. The molecule has 2 amide bonds. The second kappa shape index (κ2) is 7.55. The molecular weight excluding hydrogens is 368 g/mol. The van der Waals surface area contributed by atoms with Crippen LogP contribution in [0.3, 0.4) is 0 Å². The molecule has 0 radical (unpaired) electrons. The zero-order chi connectivity index (χ0) is 20.4. The standard InChI is InChI=1S/C22H20N4O3/c1-13-3-7-15(8-4-13)24-22(27)25-16-9-5-14(6-10-16)17-11-12-18(28-2)20-19(17)21(23)26-29-20/h3-12H,1-2H3,(H2,23,26)(H2,24,25,27). The van der Waals surface area contributed by atoms with Crippen molar-refractivity contribution in [2.45, 2.75) is 6.92 Å². The first kappa shape index (κ1) is 18.4.